The average Bonchev–Trinajstić information content (AvgIpc) is 2.56. The number of hydrogen-bond donors (Lipinski definition) is 5. The van der Waals surface area contributed by atoms with Crippen molar-refractivity contribution >= 4 is 58.8 Å². The predicted molar refractivity (Wildman–Crippen MR) is 93.8 cm³/mol. The minimum absolute atomic E-state index is 0. The molecule has 0 aromatic rings. The monoisotopic (exact) mass is 488 g/mol. The van der Waals surface area contributed by atoms with Gasteiger partial charge in [-0.3, -0.25) is 24.0 Å². The third-order valence-electron chi connectivity index (χ3n) is 1.51. The van der Waals surface area contributed by atoms with Crippen molar-refractivity contribution in [3.05, 3.63) is 0 Å². The number of carbonyl (C=O) groups is 10. The normalized spacial score (nSPS) is 7.03. The molecule has 0 atom stereocenters. The number of Topliss-reactive ketones (excluding diaryl/α,β-unsaturated/α-hetero) is 5. The second kappa shape index (κ2) is 28.7. The van der Waals surface area contributed by atoms with Crippen LogP contribution in [0.25, 0.3) is 0 Å². The van der Waals surface area contributed by atoms with Crippen molar-refractivity contribution < 1.29 is 135 Å². The molecule has 0 fully saturated rings. The Morgan fingerprint density at radius 2 is 0.375 bits per heavy atom. The van der Waals surface area contributed by atoms with Crippen molar-refractivity contribution in [2.75, 3.05) is 0 Å². The largest absolute Gasteiger partial charge is 1.00 e. The molecule has 0 aromatic heterocycles. The molecule has 0 aromatic carbocycles. The Morgan fingerprint density at radius 1 is 0.344 bits per heavy atom. The zero-order valence-electron chi connectivity index (χ0n) is 20.3. The van der Waals surface area contributed by atoms with Crippen molar-refractivity contribution in [1.82, 2.24) is 0 Å². The van der Waals surface area contributed by atoms with Crippen molar-refractivity contribution in [3.63, 3.8) is 0 Å². The first-order chi connectivity index (χ1) is 13.2. The maximum absolute atomic E-state index is 9.54. The number of ketones is 5. The Morgan fingerprint density at radius 3 is 0.375 bits per heavy atom. The minimum Gasteiger partial charge on any atom is -1.00 e. The van der Waals surface area contributed by atoms with E-state index < -0.39 is 58.8 Å². The molecule has 0 unspecified atom stereocenters. The molecule has 32 heavy (non-hydrogen) atoms. The quantitative estimate of drug-likeness (QED) is 0.177. The van der Waals surface area contributed by atoms with Crippen LogP contribution in [0.3, 0.4) is 0 Å². The van der Waals surface area contributed by atoms with E-state index in [9.17, 15) is 47.9 Å². The summed E-state index contributed by atoms with van der Waals surface area (Å²) in [6, 6.07) is 0. The van der Waals surface area contributed by atoms with E-state index in [2.05, 4.69) is 0 Å². The molecule has 0 aliphatic carbocycles. The van der Waals surface area contributed by atoms with Crippen LogP contribution in [0.1, 0.15) is 37.5 Å². The van der Waals surface area contributed by atoms with Gasteiger partial charge in [-0.25, -0.2) is 24.0 Å². The molecule has 0 saturated heterocycles. The fourth-order valence-corrected chi connectivity index (χ4v) is 0. The van der Waals surface area contributed by atoms with Crippen LogP contribution in [-0.2, 0) is 47.9 Å². The summed E-state index contributed by atoms with van der Waals surface area (Å²) in [5.41, 5.74) is 0. The minimum atomic E-state index is -1.38. The Balaban J connectivity index is -0.0000000319. The molecule has 0 aliphatic rings. The van der Waals surface area contributed by atoms with E-state index in [0.717, 1.165) is 34.6 Å². The van der Waals surface area contributed by atoms with Gasteiger partial charge in [0.1, 0.15) is 0 Å². The van der Waals surface area contributed by atoms with Gasteiger partial charge in [-0.2, -0.15) is 0 Å². The van der Waals surface area contributed by atoms with E-state index in [-0.39, 0.29) is 62.0 Å². The van der Waals surface area contributed by atoms with Crippen LogP contribution in [0, 0.1) is 0 Å². The standard InChI is InChI=1S/5C3H4O3.2Na.2H/c5*1-2(4)3(5)6;;;;/h5*1H3,(H,5,6);;;;/q;;;;;2*+1;2*-1. The van der Waals surface area contributed by atoms with E-state index >= 15 is 0 Å². The Bertz CT molecular complexity index is 521. The molecule has 0 bridgehead atoms. The van der Waals surface area contributed by atoms with Crippen molar-refractivity contribution in [3.8, 4) is 0 Å². The van der Waals surface area contributed by atoms with E-state index in [1.807, 2.05) is 0 Å². The van der Waals surface area contributed by atoms with Crippen LogP contribution < -0.4 is 59.1 Å². The van der Waals surface area contributed by atoms with E-state index in [1.54, 1.807) is 0 Å². The summed E-state index contributed by atoms with van der Waals surface area (Å²) in [4.78, 5) is 94.5. The smallest absolute Gasteiger partial charge is 1.00 e. The summed E-state index contributed by atoms with van der Waals surface area (Å²) in [7, 11) is 0. The topological polar surface area (TPSA) is 272 Å². The average molecular weight is 488 g/mol. The maximum Gasteiger partial charge on any atom is 1.00 e. The van der Waals surface area contributed by atoms with Gasteiger partial charge >= 0.3 is 89.0 Å². The molecular weight excluding hydrogens is 466 g/mol. The van der Waals surface area contributed by atoms with Gasteiger partial charge in [0, 0.05) is 34.6 Å². The van der Waals surface area contributed by atoms with Gasteiger partial charge in [-0.1, -0.05) is 0 Å². The SMILES string of the molecule is CC(=O)C(=O)O.CC(=O)C(=O)O.CC(=O)C(=O)O.CC(=O)C(=O)O.CC(=O)C(=O)O.[H-].[H-].[Na+].[Na+]. The van der Waals surface area contributed by atoms with Gasteiger partial charge in [0.25, 0.3) is 0 Å². The molecule has 0 spiro atoms. The molecule has 0 amide bonds. The van der Waals surface area contributed by atoms with Gasteiger partial charge in [0.2, 0.25) is 28.9 Å². The first-order valence-corrected chi connectivity index (χ1v) is 6.91. The van der Waals surface area contributed by atoms with E-state index in [4.69, 9.17) is 25.5 Å². The first-order valence-electron chi connectivity index (χ1n) is 6.91. The molecule has 174 valence electrons. The molecule has 17 heteroatoms. The summed E-state index contributed by atoms with van der Waals surface area (Å²) in [5, 5.41) is 38.2. The third kappa shape index (κ3) is 63.0. The summed E-state index contributed by atoms with van der Waals surface area (Å²) in [6.07, 6.45) is 0. The fourth-order valence-electron chi connectivity index (χ4n) is 0. The molecule has 0 radical (unpaired) electrons. The van der Waals surface area contributed by atoms with Gasteiger partial charge in [-0.05, 0) is 0 Å². The molecule has 15 nitrogen and oxygen atoms in total. The number of rotatable bonds is 5. The molecule has 0 rings (SSSR count). The number of carboxylic acid groups (broad SMARTS) is 5. The summed E-state index contributed by atoms with van der Waals surface area (Å²) >= 11 is 0. The van der Waals surface area contributed by atoms with E-state index in [1.165, 1.54) is 0 Å². The summed E-state index contributed by atoms with van der Waals surface area (Å²) < 4.78 is 0. The van der Waals surface area contributed by atoms with Crippen LogP contribution >= 0.6 is 0 Å². The fraction of sp³-hybridized carbons (Fsp3) is 0.333. The molecule has 0 heterocycles. The van der Waals surface area contributed by atoms with Gasteiger partial charge < -0.3 is 28.4 Å². The third-order valence-corrected chi connectivity index (χ3v) is 1.51. The summed E-state index contributed by atoms with van der Waals surface area (Å²) in [5.74, 6) is -11.0. The van der Waals surface area contributed by atoms with Gasteiger partial charge in [-0.15, -0.1) is 0 Å². The second-order valence-corrected chi connectivity index (χ2v) is 4.31. The van der Waals surface area contributed by atoms with E-state index in [0.29, 0.717) is 0 Å². The first kappa shape index (κ1) is 47.5. The van der Waals surface area contributed by atoms with Crippen molar-refractivity contribution in [2.45, 2.75) is 34.6 Å². The zero-order valence-corrected chi connectivity index (χ0v) is 22.3. The number of aliphatic carboxylic acids is 5. The van der Waals surface area contributed by atoms with Gasteiger partial charge in [0.15, 0.2) is 0 Å². The van der Waals surface area contributed by atoms with Crippen LogP contribution in [-0.4, -0.2) is 84.3 Å². The van der Waals surface area contributed by atoms with Crippen LogP contribution in [0.15, 0.2) is 0 Å². The molecule has 0 aliphatic heterocycles. The molecule has 5 N–H and O–H groups in total. The van der Waals surface area contributed by atoms with Crippen LogP contribution in [0.5, 0.6) is 0 Å². The second-order valence-electron chi connectivity index (χ2n) is 4.31. The summed E-state index contributed by atoms with van der Waals surface area (Å²) in [6.45, 7) is 5.01. The Labute approximate surface area is 227 Å². The van der Waals surface area contributed by atoms with Crippen LogP contribution in [0.4, 0.5) is 0 Å². The zero-order chi connectivity index (χ0) is 25.8. The van der Waals surface area contributed by atoms with Crippen molar-refractivity contribution in [2.24, 2.45) is 0 Å². The Kier molecular flexibility index (Phi) is 42.6. The predicted octanol–water partition coefficient (Wildman–Crippen LogP) is -7.47. The molecule has 0 saturated carbocycles. The van der Waals surface area contributed by atoms with Crippen LogP contribution in [0.2, 0.25) is 0 Å². The number of hydrogen-bond acceptors (Lipinski definition) is 10. The molecular formula is C15H22Na2O15. The number of carboxylic acids is 5. The van der Waals surface area contributed by atoms with Gasteiger partial charge in [0.05, 0.1) is 0 Å². The Hall–Kier alpha value is -2.30. The van der Waals surface area contributed by atoms with Crippen molar-refractivity contribution in [1.29, 1.82) is 0 Å². The number of carbonyl (C=O) groups excluding carboxylic acids is 5. The maximum atomic E-state index is 9.54.